The minimum atomic E-state index is -0.540. The van der Waals surface area contributed by atoms with Gasteiger partial charge in [0.05, 0.1) is 6.61 Å². The number of esters is 1. The summed E-state index contributed by atoms with van der Waals surface area (Å²) in [4.78, 5) is 11.2. The van der Waals surface area contributed by atoms with Gasteiger partial charge in [0.1, 0.15) is 12.7 Å². The van der Waals surface area contributed by atoms with E-state index in [2.05, 4.69) is 6.58 Å². The molecule has 0 aromatic rings. The third-order valence-electron chi connectivity index (χ3n) is 2.43. The number of carbonyl (C=O) groups excluding carboxylic acids is 1. The van der Waals surface area contributed by atoms with E-state index in [1.54, 1.807) is 6.92 Å². The first-order valence-corrected chi connectivity index (χ1v) is 5.84. The van der Waals surface area contributed by atoms with Crippen LogP contribution in [0.15, 0.2) is 12.2 Å². The Labute approximate surface area is 101 Å². The monoisotopic (exact) mass is 244 g/mol. The van der Waals surface area contributed by atoms with Gasteiger partial charge < -0.3 is 19.3 Å². The predicted octanol–water partition coefficient (Wildman–Crippen LogP) is 1.01. The van der Waals surface area contributed by atoms with Crippen LogP contribution >= 0.6 is 0 Å². The summed E-state index contributed by atoms with van der Waals surface area (Å²) in [5.74, 6) is -0.475. The maximum Gasteiger partial charge on any atom is 0.333 e. The van der Waals surface area contributed by atoms with Gasteiger partial charge in [0.25, 0.3) is 0 Å². The standard InChI is InChI=1S/C12H20O5/c1-9(2)12(14)16-8-10(7-13)17-11-5-3-4-6-15-11/h10-11,13H,1,3-8H2,2H3. The van der Waals surface area contributed by atoms with Crippen molar-refractivity contribution in [2.75, 3.05) is 19.8 Å². The molecule has 0 aromatic heterocycles. The lowest BCUT2D eigenvalue weighted by molar-refractivity contribution is -0.205. The van der Waals surface area contributed by atoms with Gasteiger partial charge in [-0.05, 0) is 26.2 Å². The highest BCUT2D eigenvalue weighted by molar-refractivity contribution is 5.86. The van der Waals surface area contributed by atoms with Crippen molar-refractivity contribution in [3.8, 4) is 0 Å². The second-order valence-corrected chi connectivity index (χ2v) is 4.12. The molecule has 1 aliphatic rings. The van der Waals surface area contributed by atoms with Crippen molar-refractivity contribution in [2.24, 2.45) is 0 Å². The fraction of sp³-hybridized carbons (Fsp3) is 0.750. The molecule has 5 heteroatoms. The average molecular weight is 244 g/mol. The molecule has 2 atom stereocenters. The van der Waals surface area contributed by atoms with Gasteiger partial charge in [0, 0.05) is 12.2 Å². The Kier molecular flexibility index (Phi) is 6.18. The Morgan fingerprint density at radius 1 is 1.59 bits per heavy atom. The summed E-state index contributed by atoms with van der Waals surface area (Å²) in [7, 11) is 0. The van der Waals surface area contributed by atoms with Crippen molar-refractivity contribution in [1.82, 2.24) is 0 Å². The number of carbonyl (C=O) groups is 1. The van der Waals surface area contributed by atoms with Crippen LogP contribution in [0, 0.1) is 0 Å². The minimum absolute atomic E-state index is 0.0159. The quantitative estimate of drug-likeness (QED) is 0.558. The molecule has 0 spiro atoms. The summed E-state index contributed by atoms with van der Waals surface area (Å²) < 4.78 is 15.8. The van der Waals surface area contributed by atoms with Gasteiger partial charge in [0.2, 0.25) is 0 Å². The number of rotatable bonds is 6. The number of aliphatic hydroxyl groups is 1. The Bertz CT molecular complexity index is 258. The zero-order chi connectivity index (χ0) is 12.7. The van der Waals surface area contributed by atoms with Gasteiger partial charge in [-0.2, -0.15) is 0 Å². The third-order valence-corrected chi connectivity index (χ3v) is 2.43. The molecule has 1 heterocycles. The summed E-state index contributed by atoms with van der Waals surface area (Å²) in [6, 6.07) is 0. The first-order chi connectivity index (χ1) is 8.13. The number of ether oxygens (including phenoxy) is 3. The van der Waals surface area contributed by atoms with Crippen molar-refractivity contribution in [3.05, 3.63) is 12.2 Å². The zero-order valence-electron chi connectivity index (χ0n) is 10.2. The lowest BCUT2D eigenvalue weighted by Gasteiger charge is -2.26. The van der Waals surface area contributed by atoms with Crippen LogP contribution in [-0.4, -0.2) is 43.3 Å². The number of hydrogen-bond donors (Lipinski definition) is 1. The van der Waals surface area contributed by atoms with Crippen LogP contribution in [0.1, 0.15) is 26.2 Å². The summed E-state index contributed by atoms with van der Waals surface area (Å²) in [5, 5.41) is 9.11. The van der Waals surface area contributed by atoms with Crippen LogP contribution in [0.3, 0.4) is 0 Å². The van der Waals surface area contributed by atoms with E-state index in [0.717, 1.165) is 19.3 Å². The molecule has 5 nitrogen and oxygen atoms in total. The molecule has 17 heavy (non-hydrogen) atoms. The molecular formula is C12H20O5. The second kappa shape index (κ2) is 7.42. The largest absolute Gasteiger partial charge is 0.459 e. The van der Waals surface area contributed by atoms with Gasteiger partial charge in [-0.15, -0.1) is 0 Å². The fourth-order valence-electron chi connectivity index (χ4n) is 1.46. The molecule has 1 rings (SSSR count). The molecule has 1 aliphatic heterocycles. The van der Waals surface area contributed by atoms with Gasteiger partial charge in [-0.25, -0.2) is 4.79 Å². The minimum Gasteiger partial charge on any atom is -0.459 e. The summed E-state index contributed by atoms with van der Waals surface area (Å²) in [6.07, 6.45) is 2.05. The molecule has 2 unspecified atom stereocenters. The predicted molar refractivity (Wildman–Crippen MR) is 61.3 cm³/mol. The summed E-state index contributed by atoms with van der Waals surface area (Å²) in [6.45, 7) is 5.53. The second-order valence-electron chi connectivity index (χ2n) is 4.12. The molecule has 98 valence electrons. The molecule has 0 saturated carbocycles. The maximum atomic E-state index is 11.2. The summed E-state index contributed by atoms with van der Waals surface area (Å²) in [5.41, 5.74) is 0.329. The lowest BCUT2D eigenvalue weighted by atomic mass is 10.2. The van der Waals surface area contributed by atoms with Gasteiger partial charge in [0.15, 0.2) is 6.29 Å². The zero-order valence-corrected chi connectivity index (χ0v) is 10.2. The third kappa shape index (κ3) is 5.30. The van der Waals surface area contributed by atoms with Crippen LogP contribution in [0.5, 0.6) is 0 Å². The topological polar surface area (TPSA) is 65.0 Å². The van der Waals surface area contributed by atoms with E-state index in [4.69, 9.17) is 19.3 Å². The average Bonchev–Trinajstić information content (AvgIpc) is 2.35. The highest BCUT2D eigenvalue weighted by atomic mass is 16.7. The van der Waals surface area contributed by atoms with Crippen LogP contribution in [0.4, 0.5) is 0 Å². The van der Waals surface area contributed by atoms with Crippen LogP contribution in [-0.2, 0) is 19.0 Å². The maximum absolute atomic E-state index is 11.2. The molecule has 1 N–H and O–H groups in total. The molecule has 0 amide bonds. The van der Waals surface area contributed by atoms with Crippen molar-refractivity contribution in [3.63, 3.8) is 0 Å². The first kappa shape index (κ1) is 14.2. The Balaban J connectivity index is 2.27. The Morgan fingerprint density at radius 2 is 2.35 bits per heavy atom. The van der Waals surface area contributed by atoms with Gasteiger partial charge in [-0.1, -0.05) is 6.58 Å². The molecule has 0 aliphatic carbocycles. The van der Waals surface area contributed by atoms with Gasteiger partial charge >= 0.3 is 5.97 Å². The molecule has 1 fully saturated rings. The van der Waals surface area contributed by atoms with E-state index in [9.17, 15) is 4.79 Å². The van der Waals surface area contributed by atoms with Crippen molar-refractivity contribution in [1.29, 1.82) is 0 Å². The molecule has 0 bridgehead atoms. The van der Waals surface area contributed by atoms with Crippen LogP contribution < -0.4 is 0 Å². The normalized spacial score (nSPS) is 21.9. The van der Waals surface area contributed by atoms with Crippen molar-refractivity contribution >= 4 is 5.97 Å². The number of hydrogen-bond acceptors (Lipinski definition) is 5. The number of aliphatic hydroxyl groups excluding tert-OH is 1. The van der Waals surface area contributed by atoms with Crippen LogP contribution in [0.25, 0.3) is 0 Å². The van der Waals surface area contributed by atoms with Crippen LogP contribution in [0.2, 0.25) is 0 Å². The molecule has 0 radical (unpaired) electrons. The first-order valence-electron chi connectivity index (χ1n) is 5.84. The molecular weight excluding hydrogens is 224 g/mol. The van der Waals surface area contributed by atoms with E-state index >= 15 is 0 Å². The van der Waals surface area contributed by atoms with E-state index in [-0.39, 0.29) is 19.5 Å². The molecule has 0 aromatic carbocycles. The Hall–Kier alpha value is -0.910. The van der Waals surface area contributed by atoms with Gasteiger partial charge in [-0.3, -0.25) is 0 Å². The van der Waals surface area contributed by atoms with E-state index in [1.165, 1.54) is 0 Å². The van der Waals surface area contributed by atoms with Crippen molar-refractivity contribution < 1.29 is 24.1 Å². The van der Waals surface area contributed by atoms with E-state index in [0.29, 0.717) is 12.2 Å². The van der Waals surface area contributed by atoms with Crippen molar-refractivity contribution in [2.45, 2.75) is 38.6 Å². The highest BCUT2D eigenvalue weighted by Gasteiger charge is 2.20. The molecule has 1 saturated heterocycles. The fourth-order valence-corrected chi connectivity index (χ4v) is 1.46. The lowest BCUT2D eigenvalue weighted by Crippen LogP contribution is -2.33. The smallest absolute Gasteiger partial charge is 0.333 e. The summed E-state index contributed by atoms with van der Waals surface area (Å²) >= 11 is 0. The SMILES string of the molecule is C=C(C)C(=O)OCC(CO)OC1CCCCO1. The van der Waals surface area contributed by atoms with E-state index in [1.807, 2.05) is 0 Å². The highest BCUT2D eigenvalue weighted by Crippen LogP contribution is 2.15. The van der Waals surface area contributed by atoms with E-state index < -0.39 is 12.1 Å². The Morgan fingerprint density at radius 3 is 2.88 bits per heavy atom.